The van der Waals surface area contributed by atoms with Crippen LogP contribution in [-0.4, -0.2) is 23.9 Å². The largest absolute Gasteiger partial charge is 0.431 e. The summed E-state index contributed by atoms with van der Waals surface area (Å²) < 4.78 is 24.0. The fourth-order valence-corrected chi connectivity index (χ4v) is 3.39. The quantitative estimate of drug-likeness (QED) is 0.572. The fourth-order valence-electron chi connectivity index (χ4n) is 1.81. The highest BCUT2D eigenvalue weighted by Crippen LogP contribution is 2.48. The monoisotopic (exact) mass is 335 g/mol. The first-order valence-electron chi connectivity index (χ1n) is 7.07. The summed E-state index contributed by atoms with van der Waals surface area (Å²) in [6.07, 6.45) is -0.194. The van der Waals surface area contributed by atoms with Crippen molar-refractivity contribution in [2.24, 2.45) is 0 Å². The summed E-state index contributed by atoms with van der Waals surface area (Å²) in [7, 11) is -3.58. The topological polar surface area (TPSA) is 84.9 Å². The van der Waals surface area contributed by atoms with Gasteiger partial charge in [0.25, 0.3) is 0 Å². The molecule has 0 aliphatic heterocycles. The number of hydrogen-bond acceptors (Lipinski definition) is 5. The van der Waals surface area contributed by atoms with Crippen molar-refractivity contribution >= 4 is 13.5 Å². The van der Waals surface area contributed by atoms with Crippen LogP contribution in [0.2, 0.25) is 0 Å². The minimum absolute atomic E-state index is 0.0858. The third kappa shape index (κ3) is 5.77. The summed E-state index contributed by atoms with van der Waals surface area (Å²) in [6.45, 7) is -0.470. The zero-order valence-corrected chi connectivity index (χ0v) is 13.3. The minimum atomic E-state index is -3.58. The van der Waals surface area contributed by atoms with E-state index in [-0.39, 0.29) is 12.6 Å². The summed E-state index contributed by atoms with van der Waals surface area (Å²) in [5, 5.41) is 10.9. The van der Waals surface area contributed by atoms with E-state index in [1.807, 2.05) is 12.1 Å². The Kier molecular flexibility index (Phi) is 6.20. The van der Waals surface area contributed by atoms with E-state index in [9.17, 15) is 9.36 Å². The maximum absolute atomic E-state index is 13.0. The van der Waals surface area contributed by atoms with Gasteiger partial charge in [-0.2, -0.15) is 0 Å². The lowest BCUT2D eigenvalue weighted by molar-refractivity contribution is -0.121. The van der Waals surface area contributed by atoms with Gasteiger partial charge in [0, 0.05) is 6.42 Å². The molecule has 0 aromatic heterocycles. The first kappa shape index (κ1) is 17.1. The first-order chi connectivity index (χ1) is 11.1. The average molecular weight is 335 g/mol. The highest BCUT2D eigenvalue weighted by Gasteiger charge is 2.29. The van der Waals surface area contributed by atoms with Gasteiger partial charge < -0.3 is 19.5 Å². The standard InChI is InChI=1S/C16H18NO5P/c18-13-17-16(19)11-12-23(20,21-14-7-3-1-4-8-14)22-15-9-5-2-6-10-15/h1-10,18H,11-13H2,(H,17,19). The van der Waals surface area contributed by atoms with E-state index in [4.69, 9.17) is 14.2 Å². The third-order valence-corrected chi connectivity index (χ3v) is 4.61. The van der Waals surface area contributed by atoms with Crippen molar-refractivity contribution in [3.05, 3.63) is 60.7 Å². The first-order valence-corrected chi connectivity index (χ1v) is 8.80. The number of aliphatic hydroxyl groups excluding tert-OH is 1. The number of rotatable bonds is 8. The molecule has 6 nitrogen and oxygen atoms in total. The zero-order valence-electron chi connectivity index (χ0n) is 12.4. The Morgan fingerprint density at radius 3 is 1.87 bits per heavy atom. The molecule has 7 heteroatoms. The van der Waals surface area contributed by atoms with E-state index in [0.29, 0.717) is 11.5 Å². The second-order valence-electron chi connectivity index (χ2n) is 4.65. The molecule has 122 valence electrons. The molecule has 0 saturated carbocycles. The molecule has 0 atom stereocenters. The molecule has 0 aliphatic rings. The summed E-state index contributed by atoms with van der Waals surface area (Å²) in [6, 6.07) is 17.3. The number of nitrogens with one attached hydrogen (secondary N) is 1. The summed E-state index contributed by atoms with van der Waals surface area (Å²) in [5.41, 5.74) is 0. The maximum Gasteiger partial charge on any atom is 0.431 e. The molecular formula is C16H18NO5P. The lowest BCUT2D eigenvalue weighted by atomic mass is 10.3. The number of carbonyl (C=O) groups is 1. The second kappa shape index (κ2) is 8.36. The van der Waals surface area contributed by atoms with Crippen LogP contribution in [0.4, 0.5) is 0 Å². The Morgan fingerprint density at radius 1 is 0.957 bits per heavy atom. The van der Waals surface area contributed by atoms with Gasteiger partial charge in [-0.1, -0.05) is 36.4 Å². The van der Waals surface area contributed by atoms with Crippen molar-refractivity contribution < 1.29 is 23.5 Å². The molecule has 2 rings (SSSR count). The Bertz CT molecular complexity index is 617. The number of benzene rings is 2. The van der Waals surface area contributed by atoms with Crippen LogP contribution >= 0.6 is 7.60 Å². The molecule has 2 N–H and O–H groups in total. The van der Waals surface area contributed by atoms with Gasteiger partial charge in [-0.3, -0.25) is 4.79 Å². The highest BCUT2D eigenvalue weighted by atomic mass is 31.2. The summed E-state index contributed by atoms with van der Waals surface area (Å²) >= 11 is 0. The molecule has 0 aliphatic carbocycles. The van der Waals surface area contributed by atoms with Gasteiger partial charge in [0.2, 0.25) is 5.91 Å². The van der Waals surface area contributed by atoms with E-state index < -0.39 is 20.2 Å². The van der Waals surface area contributed by atoms with Crippen LogP contribution in [0.5, 0.6) is 11.5 Å². The van der Waals surface area contributed by atoms with Crippen LogP contribution in [0.3, 0.4) is 0 Å². The Balaban J connectivity index is 2.12. The third-order valence-electron chi connectivity index (χ3n) is 2.86. The van der Waals surface area contributed by atoms with Crippen molar-refractivity contribution in [2.45, 2.75) is 6.42 Å². The van der Waals surface area contributed by atoms with Gasteiger partial charge in [-0.25, -0.2) is 4.57 Å². The van der Waals surface area contributed by atoms with Gasteiger partial charge in [0.1, 0.15) is 18.2 Å². The average Bonchev–Trinajstić information content (AvgIpc) is 2.55. The van der Waals surface area contributed by atoms with E-state index in [1.165, 1.54) is 0 Å². The number of amides is 1. The van der Waals surface area contributed by atoms with Crippen LogP contribution < -0.4 is 14.4 Å². The number of para-hydroxylation sites is 2. The second-order valence-corrected chi connectivity index (χ2v) is 6.69. The smallest absolute Gasteiger partial charge is 0.416 e. The zero-order chi connectivity index (χ0) is 16.5. The minimum Gasteiger partial charge on any atom is -0.416 e. The van der Waals surface area contributed by atoms with Gasteiger partial charge in [0.05, 0.1) is 6.16 Å². The Morgan fingerprint density at radius 2 is 1.43 bits per heavy atom. The molecule has 0 spiro atoms. The van der Waals surface area contributed by atoms with Crippen LogP contribution in [0.25, 0.3) is 0 Å². The van der Waals surface area contributed by atoms with Crippen molar-refractivity contribution in [1.29, 1.82) is 0 Å². The predicted octanol–water partition coefficient (Wildman–Crippen LogP) is 2.79. The molecule has 0 bridgehead atoms. The lowest BCUT2D eigenvalue weighted by Gasteiger charge is -2.20. The Hall–Kier alpha value is -2.30. The normalized spacial score (nSPS) is 10.8. The summed E-state index contributed by atoms with van der Waals surface area (Å²) in [4.78, 5) is 11.5. The lowest BCUT2D eigenvalue weighted by Crippen LogP contribution is -2.25. The van der Waals surface area contributed by atoms with Crippen molar-refractivity contribution in [3.63, 3.8) is 0 Å². The van der Waals surface area contributed by atoms with Gasteiger partial charge in [0.15, 0.2) is 0 Å². The molecule has 0 heterocycles. The van der Waals surface area contributed by atoms with E-state index in [2.05, 4.69) is 5.32 Å². The molecule has 0 radical (unpaired) electrons. The summed E-state index contributed by atoms with van der Waals surface area (Å²) in [5.74, 6) is 0.365. The van der Waals surface area contributed by atoms with Crippen molar-refractivity contribution in [1.82, 2.24) is 5.32 Å². The maximum atomic E-state index is 13.0. The van der Waals surface area contributed by atoms with Gasteiger partial charge in [-0.05, 0) is 24.3 Å². The molecular weight excluding hydrogens is 317 g/mol. The highest BCUT2D eigenvalue weighted by molar-refractivity contribution is 7.54. The van der Waals surface area contributed by atoms with Crippen LogP contribution in [0.15, 0.2) is 60.7 Å². The molecule has 0 unspecified atom stereocenters. The van der Waals surface area contributed by atoms with E-state index in [0.717, 1.165) is 0 Å². The fraction of sp³-hybridized carbons (Fsp3) is 0.188. The van der Waals surface area contributed by atoms with Crippen molar-refractivity contribution in [3.8, 4) is 11.5 Å². The van der Waals surface area contributed by atoms with E-state index >= 15 is 0 Å². The molecule has 2 aromatic rings. The number of aliphatic hydroxyl groups is 1. The molecule has 23 heavy (non-hydrogen) atoms. The number of hydrogen-bond donors (Lipinski definition) is 2. The molecule has 0 fully saturated rings. The predicted molar refractivity (Wildman–Crippen MR) is 86.5 cm³/mol. The van der Waals surface area contributed by atoms with Gasteiger partial charge >= 0.3 is 7.60 Å². The van der Waals surface area contributed by atoms with Gasteiger partial charge in [-0.15, -0.1) is 0 Å². The molecule has 1 amide bonds. The Labute approximate surface area is 134 Å². The number of carbonyl (C=O) groups excluding carboxylic acids is 1. The molecule has 2 aromatic carbocycles. The van der Waals surface area contributed by atoms with Crippen LogP contribution in [-0.2, 0) is 9.36 Å². The van der Waals surface area contributed by atoms with Crippen molar-refractivity contribution in [2.75, 3.05) is 12.9 Å². The SMILES string of the molecule is O=C(CCP(=O)(Oc1ccccc1)Oc1ccccc1)NCO. The van der Waals surface area contributed by atoms with Crippen LogP contribution in [0, 0.1) is 0 Å². The van der Waals surface area contributed by atoms with E-state index in [1.54, 1.807) is 48.5 Å². The molecule has 0 saturated heterocycles. The van der Waals surface area contributed by atoms with Crippen LogP contribution in [0.1, 0.15) is 6.42 Å².